The summed E-state index contributed by atoms with van der Waals surface area (Å²) in [5, 5.41) is 7.23. The second kappa shape index (κ2) is 20.0. The third kappa shape index (κ3) is 13.1. The van der Waals surface area contributed by atoms with E-state index in [4.69, 9.17) is 9.02 Å². The first-order valence-electron chi connectivity index (χ1n) is 24.0. The number of nitrogens with zero attached hydrogens (tertiary/aromatic N) is 1. The number of rotatable bonds is 17. The van der Waals surface area contributed by atoms with Crippen LogP contribution in [0.3, 0.4) is 0 Å². The van der Waals surface area contributed by atoms with Crippen molar-refractivity contribution in [3.05, 3.63) is 92.0 Å². The quantitative estimate of drug-likeness (QED) is 0.0750. The molecule has 0 heterocycles. The van der Waals surface area contributed by atoms with E-state index in [1.165, 1.54) is 43.3 Å². The van der Waals surface area contributed by atoms with Crippen molar-refractivity contribution < 1.29 is 3.86 Å². The van der Waals surface area contributed by atoms with E-state index < -0.39 is 63.1 Å². The van der Waals surface area contributed by atoms with E-state index in [1.54, 1.807) is 21.1 Å². The number of hydrogen-bond donors (Lipinski definition) is 0. The van der Waals surface area contributed by atoms with Crippen LogP contribution >= 0.6 is 0 Å². The zero-order valence-corrected chi connectivity index (χ0v) is 55.0. The molecule has 0 aliphatic heterocycles. The van der Waals surface area contributed by atoms with Crippen LogP contribution in [0, 0.1) is 20.8 Å². The molecule has 0 N–H and O–H groups in total. The summed E-state index contributed by atoms with van der Waals surface area (Å²) >= 11 is 0.391. The van der Waals surface area contributed by atoms with Crippen molar-refractivity contribution in [1.29, 1.82) is 0 Å². The Bertz CT molecular complexity index is 1940. The van der Waals surface area contributed by atoms with Gasteiger partial charge >= 0.3 is 407 Å². The summed E-state index contributed by atoms with van der Waals surface area (Å²) in [7, 11) is -10.6. The first-order valence-corrected chi connectivity index (χ1v) is 49.2. The molecule has 0 aliphatic carbocycles. The molecule has 62 heavy (non-hydrogen) atoms. The van der Waals surface area contributed by atoms with Gasteiger partial charge in [0.2, 0.25) is 0 Å². The van der Waals surface area contributed by atoms with E-state index in [9.17, 15) is 0 Å². The van der Waals surface area contributed by atoms with Crippen LogP contribution in [0.4, 0.5) is 0 Å². The summed E-state index contributed by atoms with van der Waals surface area (Å²) < 4.78 is 11.9. The molecular formula is C52H93GeNOSeSi6. The van der Waals surface area contributed by atoms with Crippen molar-refractivity contribution in [3.8, 4) is 0 Å². The Labute approximate surface area is 403 Å². The molecule has 0 atom stereocenters. The van der Waals surface area contributed by atoms with Crippen LogP contribution in [0.25, 0.3) is 0 Å². The van der Waals surface area contributed by atoms with E-state index in [1.807, 2.05) is 0 Å². The van der Waals surface area contributed by atoms with Gasteiger partial charge in [-0.1, -0.05) is 0 Å². The minimum atomic E-state index is -3.08. The molecule has 0 saturated carbocycles. The molecule has 0 aromatic heterocycles. The molecule has 10 heteroatoms. The summed E-state index contributed by atoms with van der Waals surface area (Å²) in [6, 6.07) is 15.5. The molecule has 0 amide bonds. The van der Waals surface area contributed by atoms with Gasteiger partial charge in [0, 0.05) is 0 Å². The topological polar surface area (TPSA) is 21.6 Å². The van der Waals surface area contributed by atoms with E-state index >= 15 is 0 Å². The Kier molecular flexibility index (Phi) is 18.0. The third-order valence-corrected chi connectivity index (χ3v) is 46.4. The molecule has 3 rings (SSSR count). The van der Waals surface area contributed by atoms with Gasteiger partial charge in [0.25, 0.3) is 0 Å². The van der Waals surface area contributed by atoms with Gasteiger partial charge in [-0.15, -0.1) is 0 Å². The fraction of sp³-hybridized carbons (Fsp3) is 0.635. The normalized spacial score (nSPS) is 14.3. The number of oxime groups is 1. The molecule has 2 radical (unpaired) electrons. The third-order valence-electron chi connectivity index (χ3n) is 13.1. The molecule has 0 spiro atoms. The fourth-order valence-corrected chi connectivity index (χ4v) is 58.8. The maximum absolute atomic E-state index is 7.82. The molecule has 346 valence electrons. The van der Waals surface area contributed by atoms with E-state index in [-0.39, 0.29) is 0 Å². The van der Waals surface area contributed by atoms with E-state index in [0.29, 0.717) is 33.2 Å². The standard InChI is InChI=1S/C52H93GeNOSeSi6/c1-34(2)40-30-42(35(3)4)47(43(31-40)36(5)6)53(55-54-49(56)46-38(8)28-37(7)29-39(46)9)48-44(51(59(16,17)18)60(19,20)21)32-41(50(57(10,11)12)58(13,14)15)33-45(48)52(61(22,23)24)62(25,26)27/h28-36,50-52H,1-27H3/b54-49-. The second-order valence-electron chi connectivity index (χ2n) is 26.7. The van der Waals surface area contributed by atoms with Crippen LogP contribution in [0.2, 0.25) is 118 Å². The monoisotopic (exact) mass is 1070 g/mol. The predicted octanol–water partition coefficient (Wildman–Crippen LogP) is 15.1. The Morgan fingerprint density at radius 1 is 0.452 bits per heavy atom. The first kappa shape index (κ1) is 55.8. The number of aryl methyl sites for hydroxylation is 3. The van der Waals surface area contributed by atoms with E-state index in [2.05, 4.69) is 233 Å². The average molecular weight is 1070 g/mol. The molecule has 0 bridgehead atoms. The van der Waals surface area contributed by atoms with Crippen molar-refractivity contribution in [2.45, 2.75) is 213 Å². The molecule has 3 aromatic rings. The summed E-state index contributed by atoms with van der Waals surface area (Å²) in [5.41, 5.74) is 14.5. The number of benzene rings is 3. The average Bonchev–Trinajstić information content (AvgIpc) is 3.00. The van der Waals surface area contributed by atoms with Crippen molar-refractivity contribution in [2.24, 2.45) is 5.16 Å². The molecule has 3 aromatic carbocycles. The Hall–Kier alpha value is -0.506. The van der Waals surface area contributed by atoms with Gasteiger partial charge in [-0.05, 0) is 0 Å². The van der Waals surface area contributed by atoms with Gasteiger partial charge in [-0.3, -0.25) is 0 Å². The first-order chi connectivity index (χ1) is 27.7. The molecule has 0 saturated heterocycles. The van der Waals surface area contributed by atoms with Gasteiger partial charge in [0.15, 0.2) is 0 Å². The molecule has 0 fully saturated rings. The zero-order valence-electron chi connectivity index (χ0n) is 45.2. The summed E-state index contributed by atoms with van der Waals surface area (Å²) in [4.78, 5) is 0. The van der Waals surface area contributed by atoms with Crippen LogP contribution < -0.4 is 8.79 Å². The van der Waals surface area contributed by atoms with Gasteiger partial charge in [0.05, 0.1) is 0 Å². The molecular weight excluding hydrogens is 975 g/mol. The molecule has 0 aliphatic rings. The van der Waals surface area contributed by atoms with Crippen LogP contribution in [0.1, 0.15) is 130 Å². The maximum atomic E-state index is 7.82. The van der Waals surface area contributed by atoms with Crippen LogP contribution in [0.5, 0.6) is 0 Å². The van der Waals surface area contributed by atoms with Crippen molar-refractivity contribution in [1.82, 2.24) is 0 Å². The van der Waals surface area contributed by atoms with Crippen LogP contribution in [-0.2, 0) is 3.86 Å². The zero-order chi connectivity index (χ0) is 48.2. The van der Waals surface area contributed by atoms with Crippen LogP contribution in [-0.4, -0.2) is 83.8 Å². The Morgan fingerprint density at radius 2 is 0.758 bits per heavy atom. The predicted molar refractivity (Wildman–Crippen MR) is 303 cm³/mol. The molecule has 0 unspecified atom stereocenters. The summed E-state index contributed by atoms with van der Waals surface area (Å²) in [5.74, 6) is 1.16. The molecule has 2 nitrogen and oxygen atoms in total. The Balaban J connectivity index is 2.99. The number of hydrogen-bond acceptors (Lipinski definition) is 2. The van der Waals surface area contributed by atoms with Crippen LogP contribution in [0.15, 0.2) is 41.6 Å². The van der Waals surface area contributed by atoms with Gasteiger partial charge in [0.1, 0.15) is 0 Å². The van der Waals surface area contributed by atoms with Crippen molar-refractivity contribution >= 4 is 92.5 Å². The SMILES string of the molecule is Cc1cc(C)c(/C([Se])=N/[O][Ge]([c]2c(C(C)C)cc(C(C)C)cc2C(C)C)[c]2c(C([Si](C)(C)C)[Si](C)(C)C)cc(C([Si](C)(C)C)[Si](C)(C)C)cc2C([Si](C)(C)C)[Si](C)(C)C)c(C)c1. The summed E-state index contributed by atoms with van der Waals surface area (Å²) in [6.07, 6.45) is 0. The van der Waals surface area contributed by atoms with E-state index in [0.717, 1.165) is 4.61 Å². The fourth-order valence-electron chi connectivity index (χ4n) is 12.4. The van der Waals surface area contributed by atoms with Gasteiger partial charge in [-0.2, -0.15) is 0 Å². The van der Waals surface area contributed by atoms with Crippen molar-refractivity contribution in [2.75, 3.05) is 0 Å². The summed E-state index contributed by atoms with van der Waals surface area (Å²) in [6.45, 7) is 69.4. The minimum absolute atomic E-state index is 0.356. The Morgan fingerprint density at radius 3 is 1.05 bits per heavy atom. The second-order valence-corrected chi connectivity index (χ2v) is 65.0. The van der Waals surface area contributed by atoms with Gasteiger partial charge < -0.3 is 0 Å². The van der Waals surface area contributed by atoms with Gasteiger partial charge in [-0.25, -0.2) is 0 Å². The van der Waals surface area contributed by atoms with Crippen molar-refractivity contribution in [3.63, 3.8) is 0 Å².